The van der Waals surface area contributed by atoms with Crippen LogP contribution in [0.15, 0.2) is 146 Å². The number of aromatic nitrogens is 4. The van der Waals surface area contributed by atoms with Crippen LogP contribution in [0.4, 0.5) is 0 Å². The topological polar surface area (TPSA) is 42.1 Å². The molecule has 3 aromatic heterocycles. The van der Waals surface area contributed by atoms with Gasteiger partial charge in [0.25, 0.3) is 0 Å². The Morgan fingerprint density at radius 3 is 1.32 bits per heavy atom. The maximum Gasteiger partial charge on any atom is 0.125 e. The molecule has 2 aromatic carbocycles. The molecule has 0 saturated carbocycles. The predicted molar refractivity (Wildman–Crippen MR) is 207 cm³/mol. The highest BCUT2D eigenvalue weighted by molar-refractivity contribution is 6.04. The van der Waals surface area contributed by atoms with Crippen LogP contribution >= 0.6 is 0 Å². The molecular formula is C44H36N6. The van der Waals surface area contributed by atoms with Crippen molar-refractivity contribution in [2.45, 2.75) is 12.3 Å². The highest BCUT2D eigenvalue weighted by atomic mass is 15.3. The highest BCUT2D eigenvalue weighted by Gasteiger charge is 2.25. The van der Waals surface area contributed by atoms with Gasteiger partial charge in [-0.1, -0.05) is 72.8 Å². The molecule has 0 aliphatic carbocycles. The molecule has 5 aromatic rings. The van der Waals surface area contributed by atoms with Gasteiger partial charge in [-0.15, -0.1) is 0 Å². The van der Waals surface area contributed by atoms with Crippen molar-refractivity contribution in [1.82, 2.24) is 28.9 Å². The Morgan fingerprint density at radius 2 is 0.880 bits per heavy atom. The van der Waals surface area contributed by atoms with Gasteiger partial charge in [-0.05, 0) is 96.1 Å². The molecular weight excluding hydrogens is 613 g/mol. The number of nitrogens with zero attached hydrogens (tertiary/aromatic N) is 6. The van der Waals surface area contributed by atoms with Crippen molar-refractivity contribution < 1.29 is 0 Å². The number of allylic oxidation sites excluding steroid dienone is 4. The molecule has 8 bridgehead atoms. The zero-order valence-electron chi connectivity index (χ0n) is 28.0. The predicted octanol–water partition coefficient (Wildman–Crippen LogP) is 9.96. The molecule has 4 aliphatic heterocycles. The zero-order valence-corrected chi connectivity index (χ0v) is 28.0. The van der Waals surface area contributed by atoms with E-state index >= 15 is 0 Å². The quantitative estimate of drug-likeness (QED) is 0.191. The van der Waals surface area contributed by atoms with Crippen LogP contribution in [-0.4, -0.2) is 43.0 Å². The van der Waals surface area contributed by atoms with Crippen molar-refractivity contribution in [2.75, 3.05) is 14.1 Å². The smallest absolute Gasteiger partial charge is 0.125 e. The second-order valence-corrected chi connectivity index (χ2v) is 13.0. The Kier molecular flexibility index (Phi) is 7.28. The summed E-state index contributed by atoms with van der Waals surface area (Å²) in [5, 5.41) is 0. The normalized spacial score (nSPS) is 17.6. The molecule has 0 spiro atoms. The van der Waals surface area contributed by atoms with Gasteiger partial charge in [0, 0.05) is 48.7 Å². The maximum absolute atomic E-state index is 5.20. The van der Waals surface area contributed by atoms with E-state index in [2.05, 4.69) is 203 Å². The summed E-state index contributed by atoms with van der Waals surface area (Å²) < 4.78 is 4.79. The van der Waals surface area contributed by atoms with Gasteiger partial charge in [0.05, 0.1) is 33.8 Å². The van der Waals surface area contributed by atoms with Gasteiger partial charge in [0.2, 0.25) is 0 Å². The van der Waals surface area contributed by atoms with Crippen molar-refractivity contribution >= 4 is 46.4 Å². The zero-order chi connectivity index (χ0) is 33.6. The van der Waals surface area contributed by atoms with Gasteiger partial charge in [-0.2, -0.15) is 0 Å². The summed E-state index contributed by atoms with van der Waals surface area (Å²) in [5.74, 6) is 0. The van der Waals surface area contributed by atoms with E-state index in [1.165, 1.54) is 0 Å². The summed E-state index contributed by atoms with van der Waals surface area (Å²) in [6.45, 7) is 0. The van der Waals surface area contributed by atoms with Crippen molar-refractivity contribution in [3.63, 3.8) is 0 Å². The Balaban J connectivity index is 1.45. The lowest BCUT2D eigenvalue weighted by atomic mass is 9.96. The van der Waals surface area contributed by atoms with E-state index in [-0.39, 0.29) is 12.3 Å². The van der Waals surface area contributed by atoms with Crippen LogP contribution < -0.4 is 0 Å². The molecule has 6 heteroatoms. The second-order valence-electron chi connectivity index (χ2n) is 13.0. The van der Waals surface area contributed by atoms with Crippen molar-refractivity contribution in [1.29, 1.82) is 0 Å². The molecule has 2 unspecified atom stereocenters. The van der Waals surface area contributed by atoms with E-state index in [1.54, 1.807) is 0 Å². The molecule has 0 N–H and O–H groups in total. The minimum absolute atomic E-state index is 0.0181. The SMILES string of the molecule is CN1C=CC=CC1n1c2ccc1cc1nc(cc3c(-c4ccccc4)c(-c4ccccc4)c(cc4nc(c2)C=C4)n3C2C=CC=CN2C)C=C1. The molecule has 7 heterocycles. The Morgan fingerprint density at radius 1 is 0.460 bits per heavy atom. The lowest BCUT2D eigenvalue weighted by Crippen LogP contribution is -2.24. The number of hydrogen-bond donors (Lipinski definition) is 0. The summed E-state index contributed by atoms with van der Waals surface area (Å²) in [7, 11) is 4.24. The third kappa shape index (κ3) is 5.22. The lowest BCUT2D eigenvalue weighted by Gasteiger charge is -2.29. The molecule has 0 fully saturated rings. The fourth-order valence-electron chi connectivity index (χ4n) is 7.39. The second kappa shape index (κ2) is 12.2. The monoisotopic (exact) mass is 648 g/mol. The Hall–Kier alpha value is -6.40. The average Bonchev–Trinajstić information content (AvgIpc) is 3.93. The summed E-state index contributed by atoms with van der Waals surface area (Å²) in [5.41, 5.74) is 12.6. The van der Waals surface area contributed by atoms with E-state index in [0.717, 1.165) is 67.1 Å². The van der Waals surface area contributed by atoms with E-state index in [9.17, 15) is 0 Å². The van der Waals surface area contributed by atoms with Crippen molar-refractivity contribution in [3.05, 3.63) is 169 Å². The minimum Gasteiger partial charge on any atom is -0.357 e. The van der Waals surface area contributed by atoms with E-state index in [0.29, 0.717) is 0 Å². The first kappa shape index (κ1) is 29.7. The molecule has 0 radical (unpaired) electrons. The molecule has 6 nitrogen and oxygen atoms in total. The number of benzene rings is 2. The third-order valence-corrected chi connectivity index (χ3v) is 9.71. The van der Waals surface area contributed by atoms with E-state index < -0.39 is 0 Å². The Labute approximate surface area is 291 Å². The van der Waals surface area contributed by atoms with Crippen LogP contribution in [0.1, 0.15) is 35.1 Å². The van der Waals surface area contributed by atoms with Gasteiger partial charge in [-0.25, -0.2) is 9.97 Å². The fourth-order valence-corrected chi connectivity index (χ4v) is 7.39. The molecule has 2 atom stereocenters. The molecule has 50 heavy (non-hydrogen) atoms. The average molecular weight is 649 g/mol. The van der Waals surface area contributed by atoms with Gasteiger partial charge in [-0.3, -0.25) is 0 Å². The first-order valence-electron chi connectivity index (χ1n) is 17.0. The number of hydrogen-bond acceptors (Lipinski definition) is 4. The van der Waals surface area contributed by atoms with Crippen LogP contribution in [0.25, 0.3) is 68.6 Å². The maximum atomic E-state index is 5.20. The van der Waals surface area contributed by atoms with Crippen molar-refractivity contribution in [2.24, 2.45) is 0 Å². The van der Waals surface area contributed by atoms with Crippen LogP contribution in [0.3, 0.4) is 0 Å². The molecule has 242 valence electrons. The third-order valence-electron chi connectivity index (χ3n) is 9.71. The number of fused-ring (bicyclic) bond motifs is 8. The summed E-state index contributed by atoms with van der Waals surface area (Å²) in [6.07, 6.45) is 25.5. The summed E-state index contributed by atoms with van der Waals surface area (Å²) in [4.78, 5) is 14.9. The lowest BCUT2D eigenvalue weighted by molar-refractivity contribution is 0.312. The van der Waals surface area contributed by atoms with Crippen LogP contribution in [0, 0.1) is 0 Å². The van der Waals surface area contributed by atoms with E-state index in [4.69, 9.17) is 9.97 Å². The summed E-state index contributed by atoms with van der Waals surface area (Å²) >= 11 is 0. The fraction of sp³-hybridized carbons (Fsp3) is 0.0909. The molecule has 9 rings (SSSR count). The summed E-state index contributed by atoms with van der Waals surface area (Å²) in [6, 6.07) is 34.7. The highest BCUT2D eigenvalue weighted by Crippen LogP contribution is 2.44. The van der Waals surface area contributed by atoms with Gasteiger partial charge in [0.15, 0.2) is 0 Å². The van der Waals surface area contributed by atoms with Gasteiger partial charge < -0.3 is 18.9 Å². The number of rotatable bonds is 4. The van der Waals surface area contributed by atoms with Crippen molar-refractivity contribution in [3.8, 4) is 22.3 Å². The molecule has 4 aliphatic rings. The van der Waals surface area contributed by atoms with Gasteiger partial charge in [0.1, 0.15) is 12.3 Å². The van der Waals surface area contributed by atoms with Gasteiger partial charge >= 0.3 is 0 Å². The first-order valence-corrected chi connectivity index (χ1v) is 17.0. The minimum atomic E-state index is -0.0763. The number of likely N-dealkylation sites (N-methyl/N-ethyl adjacent to an activating group) is 2. The Bertz CT molecular complexity index is 2340. The molecule has 0 saturated heterocycles. The first-order chi connectivity index (χ1) is 24.6. The van der Waals surface area contributed by atoms with E-state index in [1.807, 2.05) is 0 Å². The van der Waals surface area contributed by atoms with Crippen LogP contribution in [-0.2, 0) is 0 Å². The largest absolute Gasteiger partial charge is 0.357 e. The standard InChI is InChI=1S/C44H36N6/c1-47-25-11-9-17-41(47)49-37-23-24-38(49)28-34-20-22-36(46-34)30-40-44(32-15-7-4-8-16-32)43(31-13-5-3-6-14-31)39(29-35-21-19-33(27-37)45-35)50(40)42-18-10-12-26-48(42)2/h3-30,41-42H,1-2H3. The van der Waals surface area contributed by atoms with Crippen LogP contribution in [0.2, 0.25) is 0 Å². The molecule has 0 amide bonds. The van der Waals surface area contributed by atoms with Crippen LogP contribution in [0.5, 0.6) is 0 Å².